The molecule has 2 rings (SSSR count). The summed E-state index contributed by atoms with van der Waals surface area (Å²) in [5, 5.41) is 5.90. The van der Waals surface area contributed by atoms with Crippen LogP contribution in [0.4, 0.5) is 15.8 Å². The van der Waals surface area contributed by atoms with Crippen LogP contribution in [0.3, 0.4) is 0 Å². The van der Waals surface area contributed by atoms with E-state index < -0.39 is 0 Å². The molecule has 2 N–H and O–H groups in total. The molecule has 16 heavy (non-hydrogen) atoms. The van der Waals surface area contributed by atoms with Crippen LogP contribution in [0.2, 0.25) is 0 Å². The van der Waals surface area contributed by atoms with Gasteiger partial charge >= 0.3 is 0 Å². The van der Waals surface area contributed by atoms with Gasteiger partial charge in [0.25, 0.3) is 0 Å². The Bertz CT molecular complexity index is 450. The number of rotatable bonds is 0. The summed E-state index contributed by atoms with van der Waals surface area (Å²) in [5.41, 5.74) is 1.22. The molecule has 0 fully saturated rings. The Hall–Kier alpha value is -1.10. The molecule has 0 bridgehead atoms. The van der Waals surface area contributed by atoms with E-state index in [-0.39, 0.29) is 23.7 Å². The lowest BCUT2D eigenvalue weighted by molar-refractivity contribution is -0.119. The molecule has 3 nitrogen and oxygen atoms in total. The number of hydrogen-bond acceptors (Lipinski definition) is 2. The molecular weight excluding hydrogens is 275 g/mol. The number of benzene rings is 1. The van der Waals surface area contributed by atoms with Crippen LogP contribution in [0.15, 0.2) is 16.6 Å². The van der Waals surface area contributed by atoms with E-state index in [0.29, 0.717) is 15.8 Å². The summed E-state index contributed by atoms with van der Waals surface area (Å²) < 4.78 is 13.7. The van der Waals surface area contributed by atoms with Gasteiger partial charge in [-0.05, 0) is 28.9 Å². The molecule has 1 aromatic carbocycles. The lowest BCUT2D eigenvalue weighted by Crippen LogP contribution is -2.30. The molecule has 1 heterocycles. The SMILES string of the molecule is CC1Nc2cc(F)c(Br)cc2NC(=O)C1C. The number of carbonyl (C=O) groups excluding carboxylic acids is 1. The van der Waals surface area contributed by atoms with E-state index in [9.17, 15) is 9.18 Å². The van der Waals surface area contributed by atoms with Crippen LogP contribution in [0.25, 0.3) is 0 Å². The van der Waals surface area contributed by atoms with Gasteiger partial charge in [0, 0.05) is 12.1 Å². The minimum Gasteiger partial charge on any atom is -0.380 e. The number of amides is 1. The predicted octanol–water partition coefficient (Wildman–Crippen LogP) is 2.98. The molecule has 2 atom stereocenters. The largest absolute Gasteiger partial charge is 0.380 e. The summed E-state index contributed by atoms with van der Waals surface area (Å²) in [5.74, 6) is -0.561. The van der Waals surface area contributed by atoms with Gasteiger partial charge in [0.05, 0.1) is 21.8 Å². The topological polar surface area (TPSA) is 41.1 Å². The van der Waals surface area contributed by atoms with E-state index in [1.165, 1.54) is 6.07 Å². The number of carbonyl (C=O) groups is 1. The van der Waals surface area contributed by atoms with Crippen LogP contribution in [-0.4, -0.2) is 11.9 Å². The van der Waals surface area contributed by atoms with Gasteiger partial charge in [-0.2, -0.15) is 0 Å². The smallest absolute Gasteiger partial charge is 0.229 e. The average molecular weight is 287 g/mol. The van der Waals surface area contributed by atoms with E-state index >= 15 is 0 Å². The Morgan fingerprint density at radius 3 is 2.69 bits per heavy atom. The van der Waals surface area contributed by atoms with Crippen molar-refractivity contribution in [2.45, 2.75) is 19.9 Å². The standard InChI is InChI=1S/C11H12BrFN2O/c1-5-6(2)14-10-4-8(13)7(12)3-9(10)15-11(5)16/h3-6,14H,1-2H3,(H,15,16). The van der Waals surface area contributed by atoms with Crippen molar-refractivity contribution in [1.29, 1.82) is 0 Å². The second-order valence-electron chi connectivity index (χ2n) is 4.02. The Kier molecular flexibility index (Phi) is 2.88. The van der Waals surface area contributed by atoms with Crippen LogP contribution >= 0.6 is 15.9 Å². The number of halogens is 2. The Balaban J connectivity index is 2.47. The first kappa shape index (κ1) is 11.4. The zero-order valence-electron chi connectivity index (χ0n) is 8.97. The third kappa shape index (κ3) is 1.91. The molecular formula is C11H12BrFN2O. The third-order valence-electron chi connectivity index (χ3n) is 2.87. The Morgan fingerprint density at radius 2 is 2.00 bits per heavy atom. The first-order valence-electron chi connectivity index (χ1n) is 5.05. The lowest BCUT2D eigenvalue weighted by Gasteiger charge is -2.16. The van der Waals surface area contributed by atoms with Crippen molar-refractivity contribution >= 4 is 33.2 Å². The highest BCUT2D eigenvalue weighted by Gasteiger charge is 2.26. The quantitative estimate of drug-likeness (QED) is 0.770. The fourth-order valence-electron chi connectivity index (χ4n) is 1.61. The van der Waals surface area contributed by atoms with Crippen LogP contribution in [0, 0.1) is 11.7 Å². The molecule has 1 aromatic rings. The highest BCUT2D eigenvalue weighted by Crippen LogP contribution is 2.32. The molecule has 2 unspecified atom stereocenters. The molecule has 1 aliphatic rings. The molecule has 0 aliphatic carbocycles. The molecule has 0 spiro atoms. The normalized spacial score (nSPS) is 24.1. The van der Waals surface area contributed by atoms with Gasteiger partial charge in [-0.25, -0.2) is 4.39 Å². The van der Waals surface area contributed by atoms with Crippen molar-refractivity contribution in [1.82, 2.24) is 0 Å². The van der Waals surface area contributed by atoms with Crippen LogP contribution in [-0.2, 0) is 4.79 Å². The molecule has 0 aromatic heterocycles. The van der Waals surface area contributed by atoms with E-state index in [0.717, 1.165) is 0 Å². The fraction of sp³-hybridized carbons (Fsp3) is 0.364. The Labute approximate surface area is 102 Å². The maximum Gasteiger partial charge on any atom is 0.229 e. The summed E-state index contributed by atoms with van der Waals surface area (Å²) in [4.78, 5) is 11.7. The van der Waals surface area contributed by atoms with Crippen molar-refractivity contribution in [2.75, 3.05) is 10.6 Å². The van der Waals surface area contributed by atoms with Crippen LogP contribution < -0.4 is 10.6 Å². The number of anilines is 2. The molecule has 0 radical (unpaired) electrons. The first-order valence-corrected chi connectivity index (χ1v) is 5.85. The summed E-state index contributed by atoms with van der Waals surface area (Å²) >= 11 is 3.10. The highest BCUT2D eigenvalue weighted by molar-refractivity contribution is 9.10. The van der Waals surface area contributed by atoms with Crippen molar-refractivity contribution < 1.29 is 9.18 Å². The first-order chi connectivity index (χ1) is 7.49. The maximum absolute atomic E-state index is 13.4. The van der Waals surface area contributed by atoms with Gasteiger partial charge < -0.3 is 10.6 Å². The third-order valence-corrected chi connectivity index (χ3v) is 3.47. The summed E-state index contributed by atoms with van der Waals surface area (Å²) in [6, 6.07) is 2.93. The summed E-state index contributed by atoms with van der Waals surface area (Å²) in [6.45, 7) is 3.74. The van der Waals surface area contributed by atoms with Gasteiger partial charge in [-0.1, -0.05) is 6.92 Å². The second-order valence-corrected chi connectivity index (χ2v) is 4.88. The van der Waals surface area contributed by atoms with Gasteiger partial charge in [0.2, 0.25) is 5.91 Å². The van der Waals surface area contributed by atoms with E-state index in [1.54, 1.807) is 6.07 Å². The molecule has 1 aliphatic heterocycles. The average Bonchev–Trinajstić information content (AvgIpc) is 2.31. The van der Waals surface area contributed by atoms with Crippen molar-refractivity contribution in [3.8, 4) is 0 Å². The van der Waals surface area contributed by atoms with Crippen LogP contribution in [0.5, 0.6) is 0 Å². The fourth-order valence-corrected chi connectivity index (χ4v) is 1.96. The van der Waals surface area contributed by atoms with Crippen molar-refractivity contribution in [3.05, 3.63) is 22.4 Å². The van der Waals surface area contributed by atoms with Gasteiger partial charge in [-0.15, -0.1) is 0 Å². The number of nitrogens with one attached hydrogen (secondary N) is 2. The molecule has 0 saturated carbocycles. The predicted molar refractivity (Wildman–Crippen MR) is 65.0 cm³/mol. The van der Waals surface area contributed by atoms with Crippen LogP contribution in [0.1, 0.15) is 13.8 Å². The molecule has 5 heteroatoms. The second kappa shape index (κ2) is 4.05. The lowest BCUT2D eigenvalue weighted by atomic mass is 10.0. The highest BCUT2D eigenvalue weighted by atomic mass is 79.9. The van der Waals surface area contributed by atoms with Gasteiger partial charge in [-0.3, -0.25) is 4.79 Å². The maximum atomic E-state index is 13.4. The van der Waals surface area contributed by atoms with E-state index in [1.807, 2.05) is 13.8 Å². The van der Waals surface area contributed by atoms with Crippen molar-refractivity contribution in [3.63, 3.8) is 0 Å². The summed E-state index contributed by atoms with van der Waals surface area (Å²) in [7, 11) is 0. The number of hydrogen-bond donors (Lipinski definition) is 2. The number of fused-ring (bicyclic) bond motifs is 1. The molecule has 86 valence electrons. The molecule has 1 amide bonds. The monoisotopic (exact) mass is 286 g/mol. The van der Waals surface area contributed by atoms with E-state index in [4.69, 9.17) is 0 Å². The van der Waals surface area contributed by atoms with Crippen molar-refractivity contribution in [2.24, 2.45) is 5.92 Å². The molecule has 0 saturated heterocycles. The Morgan fingerprint density at radius 1 is 1.31 bits per heavy atom. The summed E-state index contributed by atoms with van der Waals surface area (Å²) in [6.07, 6.45) is 0. The zero-order chi connectivity index (χ0) is 11.9. The van der Waals surface area contributed by atoms with E-state index in [2.05, 4.69) is 26.6 Å². The minimum atomic E-state index is -0.345. The minimum absolute atomic E-state index is 0.0261. The van der Waals surface area contributed by atoms with Gasteiger partial charge in [0.15, 0.2) is 0 Å². The zero-order valence-corrected chi connectivity index (χ0v) is 10.6. The van der Waals surface area contributed by atoms with Gasteiger partial charge in [0.1, 0.15) is 5.82 Å².